The normalized spacial score (nSPS) is 10.6. The van der Waals surface area contributed by atoms with Crippen molar-refractivity contribution >= 4 is 39.8 Å². The zero-order valence-corrected chi connectivity index (χ0v) is 16.2. The molecule has 0 aliphatic heterocycles. The molecule has 9 heteroatoms. The molecule has 0 saturated carbocycles. The van der Waals surface area contributed by atoms with Gasteiger partial charge in [-0.25, -0.2) is 10.2 Å². The van der Waals surface area contributed by atoms with Crippen LogP contribution < -0.4 is 25.4 Å². The van der Waals surface area contributed by atoms with Crippen molar-refractivity contribution in [3.8, 4) is 17.2 Å². The number of rotatable bonds is 8. The lowest BCUT2D eigenvalue weighted by Gasteiger charge is -2.13. The number of halogens is 2. The minimum absolute atomic E-state index is 0.281. The molecule has 2 rings (SSSR count). The fraction of sp³-hybridized carbons (Fsp3) is 0.176. The van der Waals surface area contributed by atoms with Crippen LogP contribution in [-0.2, 0) is 0 Å². The highest BCUT2D eigenvalue weighted by atomic mass is 79.9. The summed E-state index contributed by atoms with van der Waals surface area (Å²) in [6, 6.07) is 10.0. The number of primary amides is 1. The second-order valence-electron chi connectivity index (χ2n) is 4.92. The first-order chi connectivity index (χ1) is 12.5. The molecule has 138 valence electrons. The standard InChI is InChI=1S/C17H17BrClN3O4/c1-24-15-9-11(10-21-22-17(20)23)8-14(19)16(15)26-7-6-25-13-4-2-12(18)3-5-13/h2-5,8-10H,6-7H2,1H3,(H3,20,22,23). The molecule has 0 atom stereocenters. The van der Waals surface area contributed by atoms with Gasteiger partial charge >= 0.3 is 6.03 Å². The molecule has 0 spiro atoms. The lowest BCUT2D eigenvalue weighted by Crippen LogP contribution is -2.24. The molecule has 0 unspecified atom stereocenters. The van der Waals surface area contributed by atoms with Gasteiger partial charge < -0.3 is 19.9 Å². The van der Waals surface area contributed by atoms with Gasteiger partial charge in [0, 0.05) is 4.47 Å². The summed E-state index contributed by atoms with van der Waals surface area (Å²) in [6.45, 7) is 0.621. The number of nitrogens with zero attached hydrogens (tertiary/aromatic N) is 1. The van der Waals surface area contributed by atoms with Crippen LogP contribution in [0.1, 0.15) is 5.56 Å². The Morgan fingerprint density at radius 3 is 2.62 bits per heavy atom. The first-order valence-electron chi connectivity index (χ1n) is 7.47. The molecule has 26 heavy (non-hydrogen) atoms. The van der Waals surface area contributed by atoms with Gasteiger partial charge in [-0.2, -0.15) is 5.10 Å². The molecule has 0 fully saturated rings. The van der Waals surface area contributed by atoms with E-state index in [9.17, 15) is 4.79 Å². The molecule has 0 aliphatic rings. The first-order valence-corrected chi connectivity index (χ1v) is 8.64. The maximum atomic E-state index is 10.6. The number of methoxy groups -OCH3 is 1. The smallest absolute Gasteiger partial charge is 0.332 e. The van der Waals surface area contributed by atoms with Crippen LogP contribution in [0.5, 0.6) is 17.2 Å². The van der Waals surface area contributed by atoms with Gasteiger partial charge in [0.05, 0.1) is 18.3 Å². The third kappa shape index (κ3) is 6.12. The van der Waals surface area contributed by atoms with Crippen LogP contribution in [0.2, 0.25) is 5.02 Å². The van der Waals surface area contributed by atoms with Crippen LogP contribution >= 0.6 is 27.5 Å². The molecule has 2 aromatic rings. The number of hydrogen-bond donors (Lipinski definition) is 2. The minimum atomic E-state index is -0.759. The van der Waals surface area contributed by atoms with Gasteiger partial charge in [-0.05, 0) is 42.0 Å². The van der Waals surface area contributed by atoms with Crippen molar-refractivity contribution < 1.29 is 19.0 Å². The van der Waals surface area contributed by atoms with E-state index in [2.05, 4.69) is 26.5 Å². The van der Waals surface area contributed by atoms with Crippen LogP contribution in [-0.4, -0.2) is 32.6 Å². The number of carbonyl (C=O) groups excluding carboxylic acids is 1. The lowest BCUT2D eigenvalue weighted by molar-refractivity contribution is 0.211. The summed E-state index contributed by atoms with van der Waals surface area (Å²) in [5.74, 6) is 1.57. The summed E-state index contributed by atoms with van der Waals surface area (Å²) >= 11 is 9.61. The van der Waals surface area contributed by atoms with Gasteiger partial charge in [-0.15, -0.1) is 0 Å². The van der Waals surface area contributed by atoms with Crippen LogP contribution in [0.15, 0.2) is 46.0 Å². The molecule has 2 aromatic carbocycles. The topological polar surface area (TPSA) is 95.2 Å². The second kappa shape index (κ2) is 9.88. The summed E-state index contributed by atoms with van der Waals surface area (Å²) in [4.78, 5) is 10.6. The molecule has 2 amide bonds. The largest absolute Gasteiger partial charge is 0.493 e. The van der Waals surface area contributed by atoms with Gasteiger partial charge in [-0.3, -0.25) is 0 Å². The molecule has 0 heterocycles. The minimum Gasteiger partial charge on any atom is -0.493 e. The first kappa shape index (κ1) is 19.9. The zero-order chi connectivity index (χ0) is 18.9. The maximum absolute atomic E-state index is 10.6. The third-order valence-corrected chi connectivity index (χ3v) is 3.86. The quantitative estimate of drug-likeness (QED) is 0.371. The summed E-state index contributed by atoms with van der Waals surface area (Å²) in [5.41, 5.74) is 7.65. The van der Waals surface area contributed by atoms with Crippen LogP contribution in [0.4, 0.5) is 4.79 Å². The highest BCUT2D eigenvalue weighted by Crippen LogP contribution is 2.36. The number of hydrazone groups is 1. The number of benzene rings is 2. The van der Waals surface area contributed by atoms with Crippen molar-refractivity contribution in [1.29, 1.82) is 0 Å². The maximum Gasteiger partial charge on any atom is 0.332 e. The van der Waals surface area contributed by atoms with Gasteiger partial charge in [0.2, 0.25) is 0 Å². The van der Waals surface area contributed by atoms with E-state index < -0.39 is 6.03 Å². The molecular weight excluding hydrogens is 426 g/mol. The van der Waals surface area contributed by atoms with Crippen molar-refractivity contribution in [3.63, 3.8) is 0 Å². The van der Waals surface area contributed by atoms with Crippen molar-refractivity contribution in [3.05, 3.63) is 51.5 Å². The average Bonchev–Trinajstić information content (AvgIpc) is 2.61. The van der Waals surface area contributed by atoms with E-state index >= 15 is 0 Å². The highest BCUT2D eigenvalue weighted by molar-refractivity contribution is 9.10. The van der Waals surface area contributed by atoms with Gasteiger partial charge in [0.1, 0.15) is 19.0 Å². The number of hydrogen-bond acceptors (Lipinski definition) is 5. The molecule has 0 radical (unpaired) electrons. The Labute approximate surface area is 164 Å². The number of nitrogens with one attached hydrogen (secondary N) is 1. The van der Waals surface area contributed by atoms with Gasteiger partial charge in [0.25, 0.3) is 0 Å². The fourth-order valence-corrected chi connectivity index (χ4v) is 2.50. The van der Waals surface area contributed by atoms with E-state index in [1.807, 2.05) is 24.3 Å². The molecular formula is C17H17BrClN3O4. The molecule has 0 bridgehead atoms. The molecule has 0 aliphatic carbocycles. The Kier molecular flexibility index (Phi) is 7.55. The number of ether oxygens (including phenoxy) is 3. The molecule has 0 saturated heterocycles. The number of urea groups is 1. The van der Waals surface area contributed by atoms with E-state index in [1.54, 1.807) is 12.1 Å². The SMILES string of the molecule is COc1cc(C=NNC(N)=O)cc(Cl)c1OCCOc1ccc(Br)cc1. The molecule has 7 nitrogen and oxygen atoms in total. The monoisotopic (exact) mass is 441 g/mol. The Hall–Kier alpha value is -2.45. The predicted octanol–water partition coefficient (Wildman–Crippen LogP) is 3.57. The lowest BCUT2D eigenvalue weighted by atomic mass is 10.2. The number of nitrogens with two attached hydrogens (primary N) is 1. The number of carbonyl (C=O) groups is 1. The van der Waals surface area contributed by atoms with Crippen molar-refractivity contribution in [1.82, 2.24) is 5.43 Å². The predicted molar refractivity (Wildman–Crippen MR) is 103 cm³/mol. The van der Waals surface area contributed by atoms with E-state index in [1.165, 1.54) is 13.3 Å². The summed E-state index contributed by atoms with van der Waals surface area (Å²) in [7, 11) is 1.50. The Balaban J connectivity index is 1.96. The summed E-state index contributed by atoms with van der Waals surface area (Å²) in [6.07, 6.45) is 1.39. The average molecular weight is 443 g/mol. The van der Waals surface area contributed by atoms with E-state index in [0.29, 0.717) is 28.7 Å². The van der Waals surface area contributed by atoms with E-state index in [4.69, 9.17) is 31.5 Å². The van der Waals surface area contributed by atoms with Crippen LogP contribution in [0, 0.1) is 0 Å². The molecule has 3 N–H and O–H groups in total. The van der Waals surface area contributed by atoms with Crippen molar-refractivity contribution in [2.24, 2.45) is 10.8 Å². The zero-order valence-electron chi connectivity index (χ0n) is 13.9. The van der Waals surface area contributed by atoms with E-state index in [-0.39, 0.29) is 6.61 Å². The molecule has 0 aromatic heterocycles. The second-order valence-corrected chi connectivity index (χ2v) is 6.24. The van der Waals surface area contributed by atoms with Crippen LogP contribution in [0.3, 0.4) is 0 Å². The van der Waals surface area contributed by atoms with Crippen molar-refractivity contribution in [2.45, 2.75) is 0 Å². The fourth-order valence-electron chi connectivity index (χ4n) is 1.96. The Morgan fingerprint density at radius 1 is 1.27 bits per heavy atom. The third-order valence-electron chi connectivity index (χ3n) is 3.05. The van der Waals surface area contributed by atoms with Gasteiger partial charge in [0.15, 0.2) is 11.5 Å². The summed E-state index contributed by atoms with van der Waals surface area (Å²) < 4.78 is 17.5. The Bertz CT molecular complexity index is 784. The summed E-state index contributed by atoms with van der Waals surface area (Å²) in [5, 5.41) is 4.02. The number of amides is 2. The Morgan fingerprint density at radius 2 is 1.96 bits per heavy atom. The highest BCUT2D eigenvalue weighted by Gasteiger charge is 2.11. The van der Waals surface area contributed by atoms with Gasteiger partial charge in [-0.1, -0.05) is 27.5 Å². The van der Waals surface area contributed by atoms with Crippen LogP contribution in [0.25, 0.3) is 0 Å². The van der Waals surface area contributed by atoms with E-state index in [0.717, 1.165) is 10.2 Å². The van der Waals surface area contributed by atoms with Crippen molar-refractivity contribution in [2.75, 3.05) is 20.3 Å².